The fourth-order valence-corrected chi connectivity index (χ4v) is 2.59. The van der Waals surface area contributed by atoms with Crippen LogP contribution >= 0.6 is 0 Å². The summed E-state index contributed by atoms with van der Waals surface area (Å²) in [7, 11) is 0. The number of rotatable bonds is 4. The average Bonchev–Trinajstić information content (AvgIpc) is 2.99. The molecule has 1 aliphatic rings. The van der Waals surface area contributed by atoms with Crippen molar-refractivity contribution in [3.05, 3.63) is 35.9 Å². The van der Waals surface area contributed by atoms with Crippen LogP contribution in [0, 0.1) is 0 Å². The first-order valence-corrected chi connectivity index (χ1v) is 7.15. The number of anilines is 3. The molecule has 1 amide bonds. The second kappa shape index (κ2) is 5.47. The van der Waals surface area contributed by atoms with E-state index in [-0.39, 0.29) is 11.9 Å². The lowest BCUT2D eigenvalue weighted by Gasteiger charge is -2.22. The van der Waals surface area contributed by atoms with Gasteiger partial charge in [-0.2, -0.15) is 0 Å². The Morgan fingerprint density at radius 1 is 1.43 bits per heavy atom. The maximum Gasteiger partial charge on any atom is 0.224 e. The number of aromatic amines is 1. The molecular formula is C15H19N5O. The zero-order valence-electron chi connectivity index (χ0n) is 11.9. The third kappa shape index (κ3) is 2.69. The summed E-state index contributed by atoms with van der Waals surface area (Å²) in [6, 6.07) is 3.93. The number of H-pyrrole nitrogens is 1. The summed E-state index contributed by atoms with van der Waals surface area (Å²) in [5.41, 5.74) is 9.54. The average molecular weight is 285 g/mol. The molecule has 21 heavy (non-hydrogen) atoms. The van der Waals surface area contributed by atoms with Crippen LogP contribution in [0.1, 0.15) is 37.2 Å². The molecule has 2 aromatic rings. The highest BCUT2D eigenvalue weighted by molar-refractivity contribution is 5.95. The van der Waals surface area contributed by atoms with Crippen molar-refractivity contribution in [3.8, 4) is 0 Å². The van der Waals surface area contributed by atoms with Crippen LogP contribution in [-0.4, -0.2) is 15.9 Å². The van der Waals surface area contributed by atoms with E-state index in [1.54, 1.807) is 6.20 Å². The Hall–Kier alpha value is -2.50. The minimum atomic E-state index is 0.0460. The molecule has 1 aliphatic heterocycles. The maximum absolute atomic E-state index is 11.4. The normalized spacial score (nSPS) is 15.2. The number of aryl methyl sites for hydroxylation is 1. The molecule has 0 saturated carbocycles. The number of carbonyl (C=O) groups excluding carboxylic acids is 1. The van der Waals surface area contributed by atoms with E-state index in [0.717, 1.165) is 35.6 Å². The van der Waals surface area contributed by atoms with E-state index in [2.05, 4.69) is 27.5 Å². The highest BCUT2D eigenvalue weighted by atomic mass is 16.1. The van der Waals surface area contributed by atoms with Crippen LogP contribution in [-0.2, 0) is 11.2 Å². The van der Waals surface area contributed by atoms with E-state index in [1.165, 1.54) is 0 Å². The number of hydrogen-bond donors (Lipinski definition) is 4. The molecule has 0 bridgehead atoms. The molecule has 0 aliphatic carbocycles. The largest absolute Gasteiger partial charge is 0.397 e. The molecule has 2 heterocycles. The van der Waals surface area contributed by atoms with Gasteiger partial charge in [0, 0.05) is 24.5 Å². The maximum atomic E-state index is 11.4. The zero-order chi connectivity index (χ0) is 14.8. The molecule has 6 heteroatoms. The third-order valence-corrected chi connectivity index (χ3v) is 3.76. The van der Waals surface area contributed by atoms with Gasteiger partial charge in [-0.05, 0) is 30.5 Å². The fourth-order valence-electron chi connectivity index (χ4n) is 2.59. The first-order chi connectivity index (χ1) is 10.2. The number of nitrogens with one attached hydrogen (secondary N) is 3. The zero-order valence-corrected chi connectivity index (χ0v) is 11.9. The van der Waals surface area contributed by atoms with Gasteiger partial charge in [0.2, 0.25) is 5.91 Å². The number of hydrogen-bond acceptors (Lipinski definition) is 4. The van der Waals surface area contributed by atoms with Gasteiger partial charge >= 0.3 is 0 Å². The molecule has 0 fully saturated rings. The van der Waals surface area contributed by atoms with Crippen molar-refractivity contribution in [1.82, 2.24) is 9.97 Å². The molecule has 1 aromatic heterocycles. The van der Waals surface area contributed by atoms with Gasteiger partial charge in [0.25, 0.3) is 0 Å². The van der Waals surface area contributed by atoms with Crippen LogP contribution in [0.3, 0.4) is 0 Å². The molecule has 5 N–H and O–H groups in total. The first-order valence-electron chi connectivity index (χ1n) is 7.15. The molecule has 1 atom stereocenters. The number of fused-ring (bicyclic) bond motifs is 1. The molecule has 3 rings (SSSR count). The van der Waals surface area contributed by atoms with Crippen LogP contribution in [0.25, 0.3) is 0 Å². The van der Waals surface area contributed by atoms with Crippen molar-refractivity contribution in [1.29, 1.82) is 0 Å². The highest BCUT2D eigenvalue weighted by Gasteiger charge is 2.18. The van der Waals surface area contributed by atoms with Crippen LogP contribution < -0.4 is 16.4 Å². The number of nitrogen functional groups attached to an aromatic ring is 1. The van der Waals surface area contributed by atoms with Crippen molar-refractivity contribution >= 4 is 23.0 Å². The van der Waals surface area contributed by atoms with Crippen molar-refractivity contribution < 1.29 is 4.79 Å². The topological polar surface area (TPSA) is 95.8 Å². The van der Waals surface area contributed by atoms with E-state index in [9.17, 15) is 4.79 Å². The Balaban J connectivity index is 1.87. The monoisotopic (exact) mass is 285 g/mol. The number of carbonyl (C=O) groups is 1. The smallest absolute Gasteiger partial charge is 0.224 e. The Morgan fingerprint density at radius 3 is 3.00 bits per heavy atom. The van der Waals surface area contributed by atoms with E-state index in [4.69, 9.17) is 5.73 Å². The number of nitrogens with two attached hydrogens (primary N) is 1. The molecule has 1 unspecified atom stereocenters. The van der Waals surface area contributed by atoms with Gasteiger partial charge in [0.15, 0.2) is 0 Å². The van der Waals surface area contributed by atoms with Gasteiger partial charge in [-0.25, -0.2) is 4.98 Å². The third-order valence-electron chi connectivity index (χ3n) is 3.76. The predicted molar refractivity (Wildman–Crippen MR) is 83.0 cm³/mol. The highest BCUT2D eigenvalue weighted by Crippen LogP contribution is 2.33. The summed E-state index contributed by atoms with van der Waals surface area (Å²) in [5.74, 6) is 0.938. The van der Waals surface area contributed by atoms with Crippen molar-refractivity contribution in [2.24, 2.45) is 0 Å². The lowest BCUT2D eigenvalue weighted by atomic mass is 10.0. The van der Waals surface area contributed by atoms with Gasteiger partial charge in [-0.1, -0.05) is 6.92 Å². The molecular weight excluding hydrogens is 266 g/mol. The number of nitrogens with zero attached hydrogens (tertiary/aromatic N) is 1. The van der Waals surface area contributed by atoms with Crippen LogP contribution in [0.15, 0.2) is 24.5 Å². The summed E-state index contributed by atoms with van der Waals surface area (Å²) < 4.78 is 0. The molecule has 0 saturated heterocycles. The quantitative estimate of drug-likeness (QED) is 0.649. The minimum absolute atomic E-state index is 0.0460. The number of imidazole rings is 1. The lowest BCUT2D eigenvalue weighted by molar-refractivity contribution is -0.116. The number of aromatic nitrogens is 2. The minimum Gasteiger partial charge on any atom is -0.397 e. The van der Waals surface area contributed by atoms with Gasteiger partial charge in [0.05, 0.1) is 17.4 Å². The summed E-state index contributed by atoms with van der Waals surface area (Å²) in [6.45, 7) is 2.09. The lowest BCUT2D eigenvalue weighted by Crippen LogP contribution is -2.20. The Kier molecular flexibility index (Phi) is 3.51. The summed E-state index contributed by atoms with van der Waals surface area (Å²) in [6.07, 6.45) is 5.71. The molecule has 6 nitrogen and oxygen atoms in total. The molecule has 1 aromatic carbocycles. The SMILES string of the molecule is CCC(Nc1cc2c(cc1N)NC(=O)CC2)c1ncc[nH]1. The van der Waals surface area contributed by atoms with Crippen LogP contribution in [0.2, 0.25) is 0 Å². The molecule has 0 radical (unpaired) electrons. The fraction of sp³-hybridized carbons (Fsp3) is 0.333. The summed E-state index contributed by atoms with van der Waals surface area (Å²) in [5, 5.41) is 6.29. The van der Waals surface area contributed by atoms with Crippen LogP contribution in [0.5, 0.6) is 0 Å². The molecule has 110 valence electrons. The van der Waals surface area contributed by atoms with E-state index in [0.29, 0.717) is 12.1 Å². The van der Waals surface area contributed by atoms with E-state index in [1.807, 2.05) is 18.3 Å². The van der Waals surface area contributed by atoms with E-state index >= 15 is 0 Å². The van der Waals surface area contributed by atoms with E-state index < -0.39 is 0 Å². The Morgan fingerprint density at radius 2 is 2.29 bits per heavy atom. The first kappa shape index (κ1) is 13.5. The van der Waals surface area contributed by atoms with Crippen molar-refractivity contribution in [2.45, 2.75) is 32.2 Å². The summed E-state index contributed by atoms with van der Waals surface area (Å²) >= 11 is 0. The van der Waals surface area contributed by atoms with Gasteiger partial charge in [-0.15, -0.1) is 0 Å². The number of benzene rings is 1. The Labute approximate surface area is 123 Å². The van der Waals surface area contributed by atoms with Gasteiger partial charge in [0.1, 0.15) is 5.82 Å². The number of amides is 1. The second-order valence-electron chi connectivity index (χ2n) is 5.22. The van der Waals surface area contributed by atoms with Gasteiger partial charge < -0.3 is 21.4 Å². The van der Waals surface area contributed by atoms with Crippen molar-refractivity contribution in [2.75, 3.05) is 16.4 Å². The van der Waals surface area contributed by atoms with Crippen LogP contribution in [0.4, 0.5) is 17.1 Å². The predicted octanol–water partition coefficient (Wildman–Crippen LogP) is 2.44. The van der Waals surface area contributed by atoms with Gasteiger partial charge in [-0.3, -0.25) is 4.79 Å². The second-order valence-corrected chi connectivity index (χ2v) is 5.22. The standard InChI is InChI=1S/C15H19N5O/c1-2-11(15-17-5-6-18-15)19-13-7-9-3-4-14(21)20-12(9)8-10(13)16/h5-8,11,19H,2-4,16H2,1H3,(H,17,18)(H,20,21). The molecule has 0 spiro atoms. The van der Waals surface area contributed by atoms with Crippen molar-refractivity contribution in [3.63, 3.8) is 0 Å². The Bertz CT molecular complexity index is 650. The summed E-state index contributed by atoms with van der Waals surface area (Å²) in [4.78, 5) is 18.8.